The summed E-state index contributed by atoms with van der Waals surface area (Å²) in [5.41, 5.74) is -0.788. The molecule has 3 amide bonds. The maximum atomic E-state index is 13.5. The van der Waals surface area contributed by atoms with Gasteiger partial charge < -0.3 is 25.2 Å². The van der Waals surface area contributed by atoms with Crippen molar-refractivity contribution in [2.24, 2.45) is 0 Å². The van der Waals surface area contributed by atoms with Crippen LogP contribution in [0.25, 0.3) is 0 Å². The number of nitrogens with zero attached hydrogens (tertiary/aromatic N) is 3. The van der Waals surface area contributed by atoms with E-state index >= 15 is 0 Å². The van der Waals surface area contributed by atoms with Crippen molar-refractivity contribution in [3.05, 3.63) is 53.6 Å². The normalized spacial score (nSPS) is 18.0. The van der Waals surface area contributed by atoms with E-state index in [1.165, 1.54) is 18.1 Å². The lowest BCUT2D eigenvalue weighted by molar-refractivity contribution is -0.137. The molecular formula is C24H24F3N5O3. The number of nitriles is 1. The monoisotopic (exact) mass is 487 g/mol. The number of benzene rings is 2. The Morgan fingerprint density at radius 1 is 1.14 bits per heavy atom. The molecule has 1 unspecified atom stereocenters. The second-order valence-corrected chi connectivity index (χ2v) is 8.44. The molecule has 2 N–H and O–H groups in total. The van der Waals surface area contributed by atoms with Gasteiger partial charge in [-0.3, -0.25) is 4.79 Å². The smallest absolute Gasteiger partial charge is 0.417 e. The van der Waals surface area contributed by atoms with Crippen molar-refractivity contribution in [2.45, 2.75) is 31.1 Å². The molecule has 4 rings (SSSR count). The third-order valence-corrected chi connectivity index (χ3v) is 5.98. The first kappa shape index (κ1) is 24.2. The summed E-state index contributed by atoms with van der Waals surface area (Å²) in [5, 5.41) is 14.7. The molecule has 2 aromatic rings. The van der Waals surface area contributed by atoms with Crippen molar-refractivity contribution in [2.75, 3.05) is 37.0 Å². The summed E-state index contributed by atoms with van der Waals surface area (Å²) in [4.78, 5) is 29.1. The maximum absolute atomic E-state index is 13.5. The Morgan fingerprint density at radius 2 is 1.91 bits per heavy atom. The van der Waals surface area contributed by atoms with Gasteiger partial charge >= 0.3 is 12.2 Å². The lowest BCUT2D eigenvalue weighted by Gasteiger charge is -2.41. The quantitative estimate of drug-likeness (QED) is 0.672. The second-order valence-electron chi connectivity index (χ2n) is 8.44. The first-order valence-electron chi connectivity index (χ1n) is 11.1. The zero-order valence-electron chi connectivity index (χ0n) is 18.9. The number of piperazine rings is 1. The predicted octanol–water partition coefficient (Wildman–Crippen LogP) is 3.59. The number of halogens is 3. The Kier molecular flexibility index (Phi) is 6.73. The Hall–Kier alpha value is -3.94. The molecule has 2 aliphatic rings. The van der Waals surface area contributed by atoms with E-state index in [9.17, 15) is 22.8 Å². The number of hydrogen-bond acceptors (Lipinski definition) is 5. The number of hydrogen-bond donors (Lipinski definition) is 2. The summed E-state index contributed by atoms with van der Waals surface area (Å²) in [6, 6.07) is 10.4. The Morgan fingerprint density at radius 3 is 2.57 bits per heavy atom. The third kappa shape index (κ3) is 5.59. The van der Waals surface area contributed by atoms with Gasteiger partial charge in [0, 0.05) is 43.1 Å². The van der Waals surface area contributed by atoms with Crippen LogP contribution < -0.4 is 20.3 Å². The molecule has 35 heavy (non-hydrogen) atoms. The van der Waals surface area contributed by atoms with Gasteiger partial charge in [0.05, 0.1) is 24.3 Å². The minimum Gasteiger partial charge on any atom is -0.497 e. The van der Waals surface area contributed by atoms with Gasteiger partial charge in [-0.15, -0.1) is 0 Å². The van der Waals surface area contributed by atoms with E-state index in [0.29, 0.717) is 11.4 Å². The van der Waals surface area contributed by atoms with E-state index in [-0.39, 0.29) is 37.3 Å². The zero-order valence-corrected chi connectivity index (χ0v) is 18.9. The van der Waals surface area contributed by atoms with E-state index < -0.39 is 29.4 Å². The van der Waals surface area contributed by atoms with Gasteiger partial charge in [-0.2, -0.15) is 18.4 Å². The molecule has 1 saturated heterocycles. The number of carbonyl (C=O) groups is 2. The van der Waals surface area contributed by atoms with Crippen LogP contribution in [-0.4, -0.2) is 55.7 Å². The summed E-state index contributed by atoms with van der Waals surface area (Å²) >= 11 is 0. The minimum atomic E-state index is -4.69. The van der Waals surface area contributed by atoms with Gasteiger partial charge in [0.1, 0.15) is 11.8 Å². The van der Waals surface area contributed by atoms with Crippen molar-refractivity contribution in [1.29, 1.82) is 5.26 Å². The molecule has 8 nitrogen and oxygen atoms in total. The Balaban J connectivity index is 1.56. The Bertz CT molecular complexity index is 1160. The maximum Gasteiger partial charge on any atom is 0.417 e. The highest BCUT2D eigenvalue weighted by atomic mass is 19.4. The van der Waals surface area contributed by atoms with E-state index in [1.807, 2.05) is 0 Å². The average Bonchev–Trinajstić information content (AvgIpc) is 3.66. The molecule has 1 heterocycles. The van der Waals surface area contributed by atoms with Crippen LogP contribution in [0, 0.1) is 11.3 Å². The molecule has 2 fully saturated rings. The summed E-state index contributed by atoms with van der Waals surface area (Å²) in [6.07, 6.45) is -2.99. The fraction of sp³-hybridized carbons (Fsp3) is 0.375. The molecular weight excluding hydrogens is 463 g/mol. The van der Waals surface area contributed by atoms with Gasteiger partial charge in [0.15, 0.2) is 0 Å². The predicted molar refractivity (Wildman–Crippen MR) is 122 cm³/mol. The molecule has 0 aromatic heterocycles. The molecule has 2 aromatic carbocycles. The summed E-state index contributed by atoms with van der Waals surface area (Å²) < 4.78 is 45.6. The van der Waals surface area contributed by atoms with Crippen LogP contribution in [0.4, 0.5) is 29.3 Å². The number of ether oxygens (including phenoxy) is 1. The molecule has 0 spiro atoms. The molecule has 184 valence electrons. The van der Waals surface area contributed by atoms with Crippen molar-refractivity contribution in [3.63, 3.8) is 0 Å². The van der Waals surface area contributed by atoms with Crippen LogP contribution in [0.5, 0.6) is 5.75 Å². The molecule has 1 atom stereocenters. The topological polar surface area (TPSA) is 97.7 Å². The fourth-order valence-corrected chi connectivity index (χ4v) is 3.97. The van der Waals surface area contributed by atoms with Crippen LogP contribution in [0.15, 0.2) is 42.5 Å². The lowest BCUT2D eigenvalue weighted by atomic mass is 10.0. The summed E-state index contributed by atoms with van der Waals surface area (Å²) in [5.74, 6) is 0.194. The van der Waals surface area contributed by atoms with Gasteiger partial charge in [0.25, 0.3) is 0 Å². The number of anilines is 2. The highest BCUT2D eigenvalue weighted by Gasteiger charge is 2.39. The largest absolute Gasteiger partial charge is 0.497 e. The molecule has 0 radical (unpaired) electrons. The SMILES string of the molecule is COc1cccc(NC(=O)N2CCN(c3ccc(C#N)c(C(F)(F)F)c3)CC2C(=O)NC2CC2)c1. The van der Waals surface area contributed by atoms with Crippen molar-refractivity contribution >= 4 is 23.3 Å². The number of rotatable bonds is 5. The van der Waals surface area contributed by atoms with Gasteiger partial charge in [-0.25, -0.2) is 4.79 Å². The molecule has 1 aliphatic carbocycles. The van der Waals surface area contributed by atoms with E-state index in [4.69, 9.17) is 10.00 Å². The van der Waals surface area contributed by atoms with Crippen LogP contribution in [-0.2, 0) is 11.0 Å². The lowest BCUT2D eigenvalue weighted by Crippen LogP contribution is -2.61. The number of urea groups is 1. The first-order chi connectivity index (χ1) is 16.7. The third-order valence-electron chi connectivity index (χ3n) is 5.98. The number of methoxy groups -OCH3 is 1. The molecule has 1 aliphatic heterocycles. The molecule has 1 saturated carbocycles. The average molecular weight is 487 g/mol. The van der Waals surface area contributed by atoms with Crippen molar-refractivity contribution in [1.82, 2.24) is 10.2 Å². The summed E-state index contributed by atoms with van der Waals surface area (Å²) in [6.45, 7) is 0.328. The first-order valence-corrected chi connectivity index (χ1v) is 11.1. The number of nitrogens with one attached hydrogen (secondary N) is 2. The van der Waals surface area contributed by atoms with Crippen molar-refractivity contribution in [3.8, 4) is 11.8 Å². The molecule has 0 bridgehead atoms. The zero-order chi connectivity index (χ0) is 25.2. The molecule has 11 heteroatoms. The summed E-state index contributed by atoms with van der Waals surface area (Å²) in [7, 11) is 1.51. The second kappa shape index (κ2) is 9.74. The number of carbonyl (C=O) groups excluding carboxylic acids is 2. The van der Waals surface area contributed by atoms with Crippen LogP contribution in [0.2, 0.25) is 0 Å². The highest BCUT2D eigenvalue weighted by Crippen LogP contribution is 2.35. The fourth-order valence-electron chi connectivity index (χ4n) is 3.97. The standard InChI is InChI=1S/C24H24F3N5O3/c1-35-19-4-2-3-17(11-19)30-23(34)32-10-9-31(14-21(32)22(33)29-16-6-7-16)18-8-5-15(13-28)20(12-18)24(25,26)27/h2-5,8,11-12,16,21H,6-7,9-10,14H2,1H3,(H,29,33)(H,30,34). The van der Waals surface area contributed by atoms with Gasteiger partial charge in [-0.05, 0) is 43.2 Å². The van der Waals surface area contributed by atoms with Crippen molar-refractivity contribution < 1.29 is 27.5 Å². The number of alkyl halides is 3. The Labute approximate surface area is 200 Å². The number of amides is 3. The minimum absolute atomic E-state index is 0.00722. The van der Waals surface area contributed by atoms with Crippen LogP contribution >= 0.6 is 0 Å². The van der Waals surface area contributed by atoms with Crippen LogP contribution in [0.3, 0.4) is 0 Å². The van der Waals surface area contributed by atoms with E-state index in [2.05, 4.69) is 10.6 Å². The van der Waals surface area contributed by atoms with Gasteiger partial charge in [0.2, 0.25) is 5.91 Å². The van der Waals surface area contributed by atoms with Crippen LogP contribution in [0.1, 0.15) is 24.0 Å². The van der Waals surface area contributed by atoms with E-state index in [1.54, 1.807) is 35.2 Å². The van der Waals surface area contributed by atoms with E-state index in [0.717, 1.165) is 25.0 Å². The van der Waals surface area contributed by atoms with Gasteiger partial charge in [-0.1, -0.05) is 6.07 Å². The highest BCUT2D eigenvalue weighted by molar-refractivity contribution is 5.94.